The molecule has 3 atom stereocenters. The van der Waals surface area contributed by atoms with Crippen LogP contribution in [0.15, 0.2) is 40.1 Å². The molecule has 0 radical (unpaired) electrons. The smallest absolute Gasteiger partial charge is 0.325 e. The van der Waals surface area contributed by atoms with Crippen molar-refractivity contribution in [2.45, 2.75) is 30.8 Å². The monoisotopic (exact) mass is 384 g/mol. The van der Waals surface area contributed by atoms with Crippen LogP contribution < -0.4 is 11.2 Å². The van der Waals surface area contributed by atoms with Gasteiger partial charge >= 0.3 is 5.69 Å². The highest BCUT2D eigenvalue weighted by Gasteiger charge is 2.54. The summed E-state index contributed by atoms with van der Waals surface area (Å²) in [5.74, 6) is -0.173. The van der Waals surface area contributed by atoms with E-state index >= 15 is 0 Å². The van der Waals surface area contributed by atoms with Crippen molar-refractivity contribution >= 4 is 5.91 Å². The molecule has 1 aromatic carbocycles. The Morgan fingerprint density at radius 1 is 1.07 bits per heavy atom. The summed E-state index contributed by atoms with van der Waals surface area (Å²) in [6.45, 7) is 2.49. The van der Waals surface area contributed by atoms with Crippen LogP contribution in [0.2, 0.25) is 0 Å². The average Bonchev–Trinajstić information content (AvgIpc) is 3.12. The van der Waals surface area contributed by atoms with Gasteiger partial charge in [0.15, 0.2) is 0 Å². The number of amides is 1. The second-order valence-electron chi connectivity index (χ2n) is 7.96. The summed E-state index contributed by atoms with van der Waals surface area (Å²) >= 11 is 0. The molecule has 0 unspecified atom stereocenters. The lowest BCUT2D eigenvalue weighted by molar-refractivity contribution is -0.00348. The maximum absolute atomic E-state index is 13.4. The van der Waals surface area contributed by atoms with Crippen LogP contribution in [-0.4, -0.2) is 57.4 Å². The summed E-state index contributed by atoms with van der Waals surface area (Å²) in [6.07, 6.45) is 3.26. The van der Waals surface area contributed by atoms with E-state index in [1.165, 1.54) is 18.3 Å². The number of benzene rings is 1. The molecule has 4 aliphatic heterocycles. The second-order valence-corrected chi connectivity index (χ2v) is 7.96. The summed E-state index contributed by atoms with van der Waals surface area (Å²) in [5.41, 5.74) is -0.339. The van der Waals surface area contributed by atoms with Crippen LogP contribution in [0.25, 0.3) is 0 Å². The number of fused-ring (bicyclic) bond motifs is 2. The third-order valence-corrected chi connectivity index (χ3v) is 6.60. The molecule has 6 rings (SSSR count). The quantitative estimate of drug-likeness (QED) is 0.805. The van der Waals surface area contributed by atoms with E-state index in [1.54, 1.807) is 17.0 Å². The third-order valence-electron chi connectivity index (χ3n) is 6.60. The summed E-state index contributed by atoms with van der Waals surface area (Å²) < 4.78 is 13.4. The van der Waals surface area contributed by atoms with Gasteiger partial charge in [0.25, 0.3) is 11.5 Å². The molecule has 28 heavy (non-hydrogen) atoms. The molecule has 8 heteroatoms. The molecule has 4 saturated heterocycles. The van der Waals surface area contributed by atoms with Gasteiger partial charge in [0.1, 0.15) is 11.4 Å². The number of nitrogens with zero attached hydrogens (tertiary/aromatic N) is 2. The predicted octanol–water partition coefficient (Wildman–Crippen LogP) is 0.905. The van der Waals surface area contributed by atoms with Gasteiger partial charge in [-0.1, -0.05) is 12.1 Å². The number of likely N-dealkylation sites (tertiary alicyclic amines) is 1. The number of carbonyl (C=O) groups excluding carboxylic acids is 1. The molecule has 0 saturated carbocycles. The molecule has 4 aliphatic rings. The third kappa shape index (κ3) is 2.63. The number of hydrogen-bond acceptors (Lipinski definition) is 4. The van der Waals surface area contributed by atoms with Gasteiger partial charge in [-0.15, -0.1) is 0 Å². The molecule has 146 valence electrons. The van der Waals surface area contributed by atoms with Gasteiger partial charge in [0.05, 0.1) is 6.04 Å². The SMILES string of the molecule is O=C(c1c[nH]c(=O)[nH]c1=O)N1C[C@@H](c2ccc(F)cc2)[C@@H]2[C@H]1C1CCN2CC1. The van der Waals surface area contributed by atoms with Gasteiger partial charge in [0.2, 0.25) is 0 Å². The van der Waals surface area contributed by atoms with E-state index < -0.39 is 11.2 Å². The minimum absolute atomic E-state index is 0.0244. The zero-order chi connectivity index (χ0) is 19.4. The molecule has 4 fully saturated rings. The first-order valence-corrected chi connectivity index (χ1v) is 9.65. The topological polar surface area (TPSA) is 89.3 Å². The van der Waals surface area contributed by atoms with Gasteiger partial charge in [-0.2, -0.15) is 0 Å². The van der Waals surface area contributed by atoms with Crippen molar-refractivity contribution in [2.24, 2.45) is 5.92 Å². The molecule has 7 nitrogen and oxygen atoms in total. The van der Waals surface area contributed by atoms with E-state index in [0.29, 0.717) is 12.5 Å². The van der Waals surface area contributed by atoms with Crippen LogP contribution in [-0.2, 0) is 0 Å². The summed E-state index contributed by atoms with van der Waals surface area (Å²) in [5, 5.41) is 0. The number of hydrogen-bond donors (Lipinski definition) is 2. The number of aromatic amines is 2. The second kappa shape index (κ2) is 6.41. The highest BCUT2D eigenvalue weighted by atomic mass is 19.1. The van der Waals surface area contributed by atoms with Crippen molar-refractivity contribution in [3.05, 3.63) is 68.2 Å². The van der Waals surface area contributed by atoms with E-state index in [1.807, 2.05) is 0 Å². The number of H-pyrrole nitrogens is 2. The predicted molar refractivity (Wildman–Crippen MR) is 99.7 cm³/mol. The van der Waals surface area contributed by atoms with Crippen molar-refractivity contribution < 1.29 is 9.18 Å². The number of rotatable bonds is 2. The molecular formula is C20H21FN4O3. The molecule has 1 aromatic heterocycles. The van der Waals surface area contributed by atoms with Crippen LogP contribution in [0.5, 0.6) is 0 Å². The number of aromatic nitrogens is 2. The Labute approximate surface area is 160 Å². The van der Waals surface area contributed by atoms with E-state index in [0.717, 1.165) is 31.5 Å². The Kier molecular flexibility index (Phi) is 3.97. The number of halogens is 1. The van der Waals surface area contributed by atoms with Gasteiger partial charge in [-0.05, 0) is 49.5 Å². The maximum atomic E-state index is 13.4. The van der Waals surface area contributed by atoms with Crippen molar-refractivity contribution in [3.63, 3.8) is 0 Å². The van der Waals surface area contributed by atoms with Gasteiger partial charge < -0.3 is 9.88 Å². The minimum Gasteiger partial charge on any atom is -0.333 e. The van der Waals surface area contributed by atoms with Crippen LogP contribution >= 0.6 is 0 Å². The normalized spacial score (nSPS) is 31.0. The Hall–Kier alpha value is -2.74. The maximum Gasteiger partial charge on any atom is 0.325 e. The summed E-state index contributed by atoms with van der Waals surface area (Å²) in [6, 6.07) is 6.69. The molecule has 2 N–H and O–H groups in total. The van der Waals surface area contributed by atoms with Crippen molar-refractivity contribution in [1.82, 2.24) is 19.8 Å². The van der Waals surface area contributed by atoms with E-state index in [4.69, 9.17) is 0 Å². The van der Waals surface area contributed by atoms with Gasteiger partial charge in [0, 0.05) is 24.7 Å². The molecular weight excluding hydrogens is 363 g/mol. The number of nitrogens with one attached hydrogen (secondary N) is 2. The van der Waals surface area contributed by atoms with Crippen LogP contribution in [0, 0.1) is 11.7 Å². The van der Waals surface area contributed by atoms with Crippen molar-refractivity contribution in [3.8, 4) is 0 Å². The van der Waals surface area contributed by atoms with Crippen molar-refractivity contribution in [2.75, 3.05) is 19.6 Å². The lowest BCUT2D eigenvalue weighted by atomic mass is 9.75. The fraction of sp³-hybridized carbons (Fsp3) is 0.450. The molecule has 2 aromatic rings. The Bertz CT molecular complexity index is 1020. The lowest BCUT2D eigenvalue weighted by Crippen LogP contribution is -2.61. The fourth-order valence-corrected chi connectivity index (χ4v) is 5.38. The lowest BCUT2D eigenvalue weighted by Gasteiger charge is -2.51. The fourth-order valence-electron chi connectivity index (χ4n) is 5.38. The first-order valence-electron chi connectivity index (χ1n) is 9.65. The first-order chi connectivity index (χ1) is 13.5. The van der Waals surface area contributed by atoms with Gasteiger partial charge in [-0.25, -0.2) is 9.18 Å². The van der Waals surface area contributed by atoms with Crippen LogP contribution in [0.3, 0.4) is 0 Å². The zero-order valence-corrected chi connectivity index (χ0v) is 15.2. The van der Waals surface area contributed by atoms with E-state index in [9.17, 15) is 18.8 Å². The van der Waals surface area contributed by atoms with E-state index in [2.05, 4.69) is 14.9 Å². The average molecular weight is 384 g/mol. The zero-order valence-electron chi connectivity index (χ0n) is 15.2. The largest absolute Gasteiger partial charge is 0.333 e. The minimum atomic E-state index is -0.670. The molecule has 2 bridgehead atoms. The Balaban J connectivity index is 1.55. The number of piperidine rings is 3. The Morgan fingerprint density at radius 3 is 2.46 bits per heavy atom. The molecule has 5 heterocycles. The Morgan fingerprint density at radius 2 is 1.79 bits per heavy atom. The standard InChI is InChI=1S/C20H21FN4O3/c21-13-3-1-11(2-4-13)15-10-25(16-12-5-7-24(8-6-12)17(15)16)19(27)14-9-22-20(28)23-18(14)26/h1-4,9,12,15-17H,5-8,10H2,(H2,22,23,26,28)/t15-,16+,17+/m0/s1. The molecule has 0 aliphatic carbocycles. The van der Waals surface area contributed by atoms with Gasteiger partial charge in [-0.3, -0.25) is 19.5 Å². The molecule has 0 spiro atoms. The first kappa shape index (κ1) is 17.4. The van der Waals surface area contributed by atoms with Crippen LogP contribution in [0.1, 0.15) is 34.7 Å². The molecule has 1 amide bonds. The number of carbonyl (C=O) groups is 1. The summed E-state index contributed by atoms with van der Waals surface area (Å²) in [7, 11) is 0. The van der Waals surface area contributed by atoms with Crippen LogP contribution in [0.4, 0.5) is 4.39 Å². The highest BCUT2D eigenvalue weighted by Crippen LogP contribution is 2.46. The summed E-state index contributed by atoms with van der Waals surface area (Å²) in [4.78, 5) is 45.5. The van der Waals surface area contributed by atoms with Crippen molar-refractivity contribution in [1.29, 1.82) is 0 Å². The van der Waals surface area contributed by atoms with E-state index in [-0.39, 0.29) is 35.3 Å². The highest BCUT2D eigenvalue weighted by molar-refractivity contribution is 5.94.